The van der Waals surface area contributed by atoms with Crippen molar-refractivity contribution < 1.29 is 28.6 Å². The van der Waals surface area contributed by atoms with E-state index < -0.39 is 17.5 Å². The number of fused-ring (bicyclic) bond motifs is 1. The van der Waals surface area contributed by atoms with Gasteiger partial charge in [-0.15, -0.1) is 0 Å². The smallest absolute Gasteiger partial charge is 0.346 e. The number of rotatable bonds is 7. The highest BCUT2D eigenvalue weighted by atomic mass is 32.2. The van der Waals surface area contributed by atoms with Crippen LogP contribution in [0.25, 0.3) is 5.57 Å². The van der Waals surface area contributed by atoms with Crippen molar-refractivity contribution in [2.75, 3.05) is 24.7 Å². The predicted molar refractivity (Wildman–Crippen MR) is 149 cm³/mol. The molecular weight excluding hydrogens is 518 g/mol. The first kappa shape index (κ1) is 28.3. The van der Waals surface area contributed by atoms with Gasteiger partial charge in [0.2, 0.25) is 5.91 Å². The molecule has 7 nitrogen and oxygen atoms in total. The molecule has 0 atom stereocenters. The van der Waals surface area contributed by atoms with E-state index in [9.17, 15) is 14.4 Å². The van der Waals surface area contributed by atoms with Crippen LogP contribution in [0, 0.1) is 5.92 Å². The molecule has 0 saturated carbocycles. The summed E-state index contributed by atoms with van der Waals surface area (Å²) in [6, 6.07) is 5.55. The molecule has 0 unspecified atom stereocenters. The van der Waals surface area contributed by atoms with Gasteiger partial charge in [0, 0.05) is 23.1 Å². The number of carbonyl (C=O) groups excluding carboxylic acids is 3. The number of ether oxygens (including phenoxy) is 3. The molecule has 194 valence electrons. The lowest BCUT2D eigenvalue weighted by molar-refractivity contribution is -0.140. The van der Waals surface area contributed by atoms with Crippen molar-refractivity contribution in [3.63, 3.8) is 0 Å². The topological polar surface area (TPSA) is 82.1 Å². The fourth-order valence-corrected chi connectivity index (χ4v) is 6.90. The van der Waals surface area contributed by atoms with Crippen molar-refractivity contribution in [3.05, 3.63) is 37.8 Å². The number of thioether (sulfide) groups is 2. The maximum atomic E-state index is 13.4. The molecule has 2 aliphatic rings. The van der Waals surface area contributed by atoms with Crippen molar-refractivity contribution in [2.24, 2.45) is 5.92 Å². The molecule has 0 radical (unpaired) electrons. The number of nitrogens with zero attached hydrogens (tertiary/aromatic N) is 1. The monoisotopic (exact) mass is 549 g/mol. The highest BCUT2D eigenvalue weighted by Crippen LogP contribution is 2.56. The average molecular weight is 550 g/mol. The van der Waals surface area contributed by atoms with Crippen LogP contribution in [-0.4, -0.2) is 48.1 Å². The number of anilines is 1. The molecule has 1 amide bonds. The van der Waals surface area contributed by atoms with Gasteiger partial charge >= 0.3 is 11.9 Å². The largest absolute Gasteiger partial charge is 0.494 e. The molecule has 3 rings (SSSR count). The van der Waals surface area contributed by atoms with E-state index in [2.05, 4.69) is 0 Å². The lowest BCUT2D eigenvalue weighted by Crippen LogP contribution is -2.57. The number of thiocarbonyl (C=S) groups is 1. The predicted octanol–water partition coefficient (Wildman–Crippen LogP) is 5.72. The van der Waals surface area contributed by atoms with Crippen molar-refractivity contribution in [1.29, 1.82) is 0 Å². The number of amides is 1. The van der Waals surface area contributed by atoms with Gasteiger partial charge in [0.05, 0.1) is 40.1 Å². The zero-order valence-corrected chi connectivity index (χ0v) is 24.0. The average Bonchev–Trinajstić information content (AvgIpc) is 3.25. The zero-order valence-electron chi connectivity index (χ0n) is 21.6. The summed E-state index contributed by atoms with van der Waals surface area (Å²) in [7, 11) is 0. The molecule has 0 bridgehead atoms. The molecule has 1 aromatic carbocycles. The normalized spacial score (nSPS) is 16.9. The van der Waals surface area contributed by atoms with Crippen LogP contribution in [0.5, 0.6) is 5.75 Å². The second kappa shape index (κ2) is 11.4. The summed E-state index contributed by atoms with van der Waals surface area (Å²) in [6.07, 6.45) is 0. The Morgan fingerprint density at radius 1 is 0.972 bits per heavy atom. The Morgan fingerprint density at radius 3 is 2.00 bits per heavy atom. The molecule has 10 heteroatoms. The van der Waals surface area contributed by atoms with E-state index in [1.807, 2.05) is 52.8 Å². The van der Waals surface area contributed by atoms with Crippen LogP contribution >= 0.6 is 35.7 Å². The number of carbonyl (C=O) groups is 3. The van der Waals surface area contributed by atoms with Gasteiger partial charge in [-0.05, 0) is 46.8 Å². The molecule has 0 saturated heterocycles. The third-order valence-corrected chi connectivity index (χ3v) is 8.83. The van der Waals surface area contributed by atoms with Crippen LogP contribution in [0.4, 0.5) is 5.69 Å². The molecule has 0 aliphatic carbocycles. The molecule has 2 aliphatic heterocycles. The quantitative estimate of drug-likeness (QED) is 0.241. The lowest BCUT2D eigenvalue weighted by Gasteiger charge is -2.46. The van der Waals surface area contributed by atoms with Crippen LogP contribution in [0.1, 0.15) is 54.0 Å². The van der Waals surface area contributed by atoms with Crippen LogP contribution in [0.3, 0.4) is 0 Å². The molecule has 0 spiro atoms. The van der Waals surface area contributed by atoms with E-state index in [-0.39, 0.29) is 34.8 Å². The van der Waals surface area contributed by atoms with Crippen LogP contribution in [0.15, 0.2) is 32.2 Å². The number of hydrogen-bond acceptors (Lipinski definition) is 9. The standard InChI is InChI=1S/C26H31NO6S3/c1-8-31-15-11-12-16-17(13-15)27(22(28)14(4)5)26(6,7)21(34)18(16)25-35-19(23(29)32-9-2)20(36-25)24(30)33-10-3/h11-14H,8-10H2,1-7H3. The molecular formula is C26H31NO6S3. The summed E-state index contributed by atoms with van der Waals surface area (Å²) in [5.74, 6) is -0.857. The number of hydrogen-bond donors (Lipinski definition) is 0. The van der Waals surface area contributed by atoms with E-state index in [1.54, 1.807) is 18.7 Å². The van der Waals surface area contributed by atoms with E-state index in [0.29, 0.717) is 32.7 Å². The highest BCUT2D eigenvalue weighted by molar-refractivity contribution is 8.29. The molecule has 36 heavy (non-hydrogen) atoms. The maximum Gasteiger partial charge on any atom is 0.346 e. The van der Waals surface area contributed by atoms with Gasteiger partial charge in [0.25, 0.3) is 0 Å². The molecule has 0 aromatic heterocycles. The third kappa shape index (κ3) is 5.21. The summed E-state index contributed by atoms with van der Waals surface area (Å²) in [5.41, 5.74) is 1.26. The lowest BCUT2D eigenvalue weighted by atomic mass is 9.82. The Morgan fingerprint density at radius 2 is 1.53 bits per heavy atom. The van der Waals surface area contributed by atoms with Gasteiger partial charge in [-0.25, -0.2) is 9.59 Å². The molecule has 2 heterocycles. The van der Waals surface area contributed by atoms with E-state index >= 15 is 0 Å². The summed E-state index contributed by atoms with van der Waals surface area (Å²) < 4.78 is 16.8. The first-order chi connectivity index (χ1) is 17.0. The second-order valence-electron chi connectivity index (χ2n) is 8.79. The fourth-order valence-electron chi connectivity index (χ4n) is 3.91. The Labute approximate surface area is 226 Å². The first-order valence-electron chi connectivity index (χ1n) is 11.8. The van der Waals surface area contributed by atoms with Gasteiger partial charge in [-0.3, -0.25) is 4.79 Å². The van der Waals surface area contributed by atoms with Gasteiger partial charge in [0.1, 0.15) is 15.6 Å². The first-order valence-corrected chi connectivity index (χ1v) is 13.9. The Balaban J connectivity index is 2.24. The van der Waals surface area contributed by atoms with E-state index in [1.165, 1.54) is 0 Å². The van der Waals surface area contributed by atoms with Crippen molar-refractivity contribution in [2.45, 2.75) is 54.0 Å². The maximum absolute atomic E-state index is 13.4. The summed E-state index contributed by atoms with van der Waals surface area (Å²) >= 11 is 8.29. The van der Waals surface area contributed by atoms with Crippen molar-refractivity contribution in [1.82, 2.24) is 0 Å². The summed E-state index contributed by atoms with van der Waals surface area (Å²) in [4.78, 5) is 41.5. The minimum atomic E-state index is -0.852. The van der Waals surface area contributed by atoms with E-state index in [4.69, 9.17) is 26.4 Å². The Bertz CT molecular complexity index is 1140. The summed E-state index contributed by atoms with van der Waals surface area (Å²) in [6.45, 7) is 13.7. The van der Waals surface area contributed by atoms with Crippen molar-refractivity contribution >= 4 is 69.7 Å². The van der Waals surface area contributed by atoms with Crippen LogP contribution in [0.2, 0.25) is 0 Å². The number of esters is 2. The number of benzene rings is 1. The Hall–Kier alpha value is -2.30. The summed E-state index contributed by atoms with van der Waals surface area (Å²) in [5, 5.41) is 0. The van der Waals surface area contributed by atoms with Gasteiger partial charge in [0.15, 0.2) is 0 Å². The SMILES string of the molecule is CCOC(=O)C1=C(C(=O)OCC)SC(=C2C(=S)C(C)(C)N(C(=O)C(C)C)c3cc(OCC)ccc32)S1. The van der Waals surface area contributed by atoms with Gasteiger partial charge in [-0.2, -0.15) is 0 Å². The third-order valence-electron chi connectivity index (χ3n) is 5.57. The molecule has 1 aromatic rings. The molecule has 0 fully saturated rings. The zero-order chi connectivity index (χ0) is 26.8. The highest BCUT2D eigenvalue weighted by Gasteiger charge is 2.46. The van der Waals surface area contributed by atoms with Gasteiger partial charge < -0.3 is 19.1 Å². The van der Waals surface area contributed by atoms with Crippen LogP contribution < -0.4 is 9.64 Å². The minimum Gasteiger partial charge on any atom is -0.494 e. The van der Waals surface area contributed by atoms with E-state index in [0.717, 1.165) is 29.1 Å². The Kier molecular flexibility index (Phi) is 8.95. The fraction of sp³-hybridized carbons (Fsp3) is 0.462. The van der Waals surface area contributed by atoms with Crippen molar-refractivity contribution in [3.8, 4) is 5.75 Å². The minimum absolute atomic E-state index is 0.0643. The van der Waals surface area contributed by atoms with Gasteiger partial charge in [-0.1, -0.05) is 49.6 Å². The van der Waals surface area contributed by atoms with Crippen LogP contribution in [-0.2, 0) is 23.9 Å². The second-order valence-corrected chi connectivity index (χ2v) is 11.5. The molecule has 0 N–H and O–H groups in total.